The van der Waals surface area contributed by atoms with Crippen molar-refractivity contribution >= 4 is 5.97 Å². The van der Waals surface area contributed by atoms with Gasteiger partial charge in [-0.05, 0) is 24.1 Å². The Kier molecular flexibility index (Phi) is 3.43. The number of methoxy groups -OCH3 is 2. The van der Waals surface area contributed by atoms with Gasteiger partial charge < -0.3 is 19.3 Å². The van der Waals surface area contributed by atoms with Gasteiger partial charge in [0.1, 0.15) is 5.41 Å². The van der Waals surface area contributed by atoms with Crippen molar-refractivity contribution in [1.29, 1.82) is 0 Å². The molecule has 0 radical (unpaired) electrons. The van der Waals surface area contributed by atoms with E-state index in [0.717, 1.165) is 5.56 Å². The molecule has 0 atom stereocenters. The van der Waals surface area contributed by atoms with Crippen LogP contribution in [0.1, 0.15) is 5.56 Å². The average molecular weight is 252 g/mol. The van der Waals surface area contributed by atoms with Crippen molar-refractivity contribution in [3.8, 4) is 11.5 Å². The fourth-order valence-electron chi connectivity index (χ4n) is 2.03. The first-order chi connectivity index (χ1) is 8.61. The second-order valence-electron chi connectivity index (χ2n) is 4.44. The zero-order valence-corrected chi connectivity index (χ0v) is 10.4. The molecule has 0 saturated carbocycles. The van der Waals surface area contributed by atoms with Crippen LogP contribution in [0.3, 0.4) is 0 Å². The van der Waals surface area contributed by atoms with E-state index in [-0.39, 0.29) is 13.2 Å². The Morgan fingerprint density at radius 1 is 1.33 bits per heavy atom. The molecule has 0 amide bonds. The SMILES string of the molecule is COc1ccc(CC2(C(=O)O)COC2)cc1OC. The summed E-state index contributed by atoms with van der Waals surface area (Å²) in [7, 11) is 3.12. The molecule has 0 aromatic heterocycles. The highest BCUT2D eigenvalue weighted by Crippen LogP contribution is 2.35. The van der Waals surface area contributed by atoms with Crippen molar-refractivity contribution in [2.45, 2.75) is 6.42 Å². The third kappa shape index (κ3) is 2.13. The Bertz CT molecular complexity index is 451. The lowest BCUT2D eigenvalue weighted by Gasteiger charge is -2.37. The zero-order valence-electron chi connectivity index (χ0n) is 10.4. The highest BCUT2D eigenvalue weighted by atomic mass is 16.5. The highest BCUT2D eigenvalue weighted by Gasteiger charge is 2.46. The molecule has 1 aliphatic rings. The smallest absolute Gasteiger partial charge is 0.314 e. The van der Waals surface area contributed by atoms with Crippen molar-refractivity contribution in [3.05, 3.63) is 23.8 Å². The van der Waals surface area contributed by atoms with E-state index < -0.39 is 11.4 Å². The maximum Gasteiger partial charge on any atom is 0.314 e. The highest BCUT2D eigenvalue weighted by molar-refractivity contribution is 5.76. The van der Waals surface area contributed by atoms with Gasteiger partial charge in [0, 0.05) is 0 Å². The molecule has 18 heavy (non-hydrogen) atoms. The van der Waals surface area contributed by atoms with Crippen molar-refractivity contribution in [2.24, 2.45) is 5.41 Å². The van der Waals surface area contributed by atoms with Crippen LogP contribution in [0.2, 0.25) is 0 Å². The molecular weight excluding hydrogens is 236 g/mol. The van der Waals surface area contributed by atoms with E-state index in [1.165, 1.54) is 0 Å². The second-order valence-corrected chi connectivity index (χ2v) is 4.44. The fourth-order valence-corrected chi connectivity index (χ4v) is 2.03. The Morgan fingerprint density at radius 2 is 2.00 bits per heavy atom. The Hall–Kier alpha value is -1.75. The van der Waals surface area contributed by atoms with Crippen LogP contribution < -0.4 is 9.47 Å². The topological polar surface area (TPSA) is 65.0 Å². The van der Waals surface area contributed by atoms with Crippen molar-refractivity contribution in [3.63, 3.8) is 0 Å². The maximum absolute atomic E-state index is 11.2. The number of carboxylic acids is 1. The van der Waals surface area contributed by atoms with Crippen LogP contribution in [0.25, 0.3) is 0 Å². The van der Waals surface area contributed by atoms with E-state index in [4.69, 9.17) is 14.2 Å². The number of carboxylic acid groups (broad SMARTS) is 1. The van der Waals surface area contributed by atoms with Gasteiger partial charge >= 0.3 is 5.97 Å². The first kappa shape index (κ1) is 12.7. The number of hydrogen-bond donors (Lipinski definition) is 1. The van der Waals surface area contributed by atoms with Crippen LogP contribution in [0.15, 0.2) is 18.2 Å². The van der Waals surface area contributed by atoms with E-state index in [9.17, 15) is 9.90 Å². The lowest BCUT2D eigenvalue weighted by Crippen LogP contribution is -2.50. The van der Waals surface area contributed by atoms with Gasteiger partial charge in [-0.2, -0.15) is 0 Å². The zero-order chi connectivity index (χ0) is 13.2. The van der Waals surface area contributed by atoms with Crippen LogP contribution in [-0.4, -0.2) is 38.5 Å². The largest absolute Gasteiger partial charge is 0.493 e. The van der Waals surface area contributed by atoms with E-state index in [2.05, 4.69) is 0 Å². The van der Waals surface area contributed by atoms with E-state index in [1.807, 2.05) is 12.1 Å². The molecule has 1 aliphatic heterocycles. The minimum atomic E-state index is -0.816. The summed E-state index contributed by atoms with van der Waals surface area (Å²) in [6.45, 7) is 0.521. The molecule has 1 aromatic carbocycles. The lowest BCUT2D eigenvalue weighted by atomic mass is 9.80. The molecule has 1 saturated heterocycles. The molecule has 1 fully saturated rings. The quantitative estimate of drug-likeness (QED) is 0.856. The summed E-state index contributed by atoms with van der Waals surface area (Å²) in [4.78, 5) is 11.2. The molecule has 0 aliphatic carbocycles. The molecule has 1 N–H and O–H groups in total. The lowest BCUT2D eigenvalue weighted by molar-refractivity contribution is -0.179. The molecule has 5 heteroatoms. The predicted molar refractivity (Wildman–Crippen MR) is 64.1 cm³/mol. The molecule has 98 valence electrons. The third-order valence-corrected chi connectivity index (χ3v) is 3.20. The molecule has 0 spiro atoms. The summed E-state index contributed by atoms with van der Waals surface area (Å²) in [5, 5.41) is 9.24. The number of ether oxygens (including phenoxy) is 3. The monoisotopic (exact) mass is 252 g/mol. The number of carbonyl (C=O) groups is 1. The van der Waals surface area contributed by atoms with Gasteiger partial charge in [0.05, 0.1) is 27.4 Å². The number of benzene rings is 1. The molecule has 0 unspecified atom stereocenters. The van der Waals surface area contributed by atoms with Crippen molar-refractivity contribution < 1.29 is 24.1 Å². The molecular formula is C13H16O5. The van der Waals surface area contributed by atoms with E-state index in [1.54, 1.807) is 20.3 Å². The van der Waals surface area contributed by atoms with Crippen LogP contribution >= 0.6 is 0 Å². The van der Waals surface area contributed by atoms with Crippen LogP contribution in [0, 0.1) is 5.41 Å². The molecule has 1 heterocycles. The van der Waals surface area contributed by atoms with Gasteiger partial charge in [-0.3, -0.25) is 4.79 Å². The normalized spacial score (nSPS) is 16.8. The predicted octanol–water partition coefficient (Wildman–Crippen LogP) is 1.35. The minimum Gasteiger partial charge on any atom is -0.493 e. The molecule has 5 nitrogen and oxygen atoms in total. The van der Waals surface area contributed by atoms with Gasteiger partial charge in [-0.15, -0.1) is 0 Å². The van der Waals surface area contributed by atoms with Crippen LogP contribution in [0.4, 0.5) is 0 Å². The van der Waals surface area contributed by atoms with Crippen molar-refractivity contribution in [1.82, 2.24) is 0 Å². The fraction of sp³-hybridized carbons (Fsp3) is 0.462. The maximum atomic E-state index is 11.2. The van der Waals surface area contributed by atoms with Gasteiger partial charge in [0.2, 0.25) is 0 Å². The Morgan fingerprint density at radius 3 is 2.44 bits per heavy atom. The second kappa shape index (κ2) is 4.86. The summed E-state index contributed by atoms with van der Waals surface area (Å²) in [6.07, 6.45) is 0.433. The van der Waals surface area contributed by atoms with E-state index in [0.29, 0.717) is 17.9 Å². The third-order valence-electron chi connectivity index (χ3n) is 3.20. The number of aliphatic carboxylic acids is 1. The Balaban J connectivity index is 2.21. The molecule has 0 bridgehead atoms. The van der Waals surface area contributed by atoms with Gasteiger partial charge in [-0.1, -0.05) is 6.07 Å². The molecule has 2 rings (SSSR count). The standard InChI is InChI=1S/C13H16O5/c1-16-10-4-3-9(5-11(10)17-2)6-13(12(14)15)7-18-8-13/h3-5H,6-8H2,1-2H3,(H,14,15). The van der Waals surface area contributed by atoms with Crippen LogP contribution in [-0.2, 0) is 16.0 Å². The number of rotatable bonds is 5. The van der Waals surface area contributed by atoms with Crippen LogP contribution in [0.5, 0.6) is 11.5 Å². The summed E-state index contributed by atoms with van der Waals surface area (Å²) in [6, 6.07) is 5.44. The van der Waals surface area contributed by atoms with Gasteiger partial charge in [0.25, 0.3) is 0 Å². The number of hydrogen-bond acceptors (Lipinski definition) is 4. The van der Waals surface area contributed by atoms with Crippen molar-refractivity contribution in [2.75, 3.05) is 27.4 Å². The minimum absolute atomic E-state index is 0.261. The summed E-state index contributed by atoms with van der Waals surface area (Å²) < 4.78 is 15.4. The first-order valence-electron chi connectivity index (χ1n) is 5.63. The Labute approximate surface area is 105 Å². The summed E-state index contributed by atoms with van der Waals surface area (Å²) >= 11 is 0. The van der Waals surface area contributed by atoms with E-state index >= 15 is 0 Å². The molecule has 1 aromatic rings. The first-order valence-corrected chi connectivity index (χ1v) is 5.63. The summed E-state index contributed by atoms with van der Waals surface area (Å²) in [5.74, 6) is 0.426. The summed E-state index contributed by atoms with van der Waals surface area (Å²) in [5.41, 5.74) is 0.109. The van der Waals surface area contributed by atoms with Gasteiger partial charge in [0.15, 0.2) is 11.5 Å². The average Bonchev–Trinajstić information content (AvgIpc) is 2.33. The van der Waals surface area contributed by atoms with Gasteiger partial charge in [-0.25, -0.2) is 0 Å².